The summed E-state index contributed by atoms with van der Waals surface area (Å²) in [6.07, 6.45) is 7.04. The highest BCUT2D eigenvalue weighted by molar-refractivity contribution is 6.02. The van der Waals surface area contributed by atoms with E-state index in [-0.39, 0.29) is 5.78 Å². The maximum absolute atomic E-state index is 12.8. The molecule has 2 rings (SSSR count). The molecule has 1 aliphatic rings. The lowest BCUT2D eigenvalue weighted by atomic mass is 9.69. The molecule has 0 aliphatic heterocycles. The van der Waals surface area contributed by atoms with Gasteiger partial charge >= 0.3 is 0 Å². The molecule has 0 N–H and O–H groups in total. The third-order valence-electron chi connectivity index (χ3n) is 4.35. The Morgan fingerprint density at radius 3 is 2.37 bits per heavy atom. The van der Waals surface area contributed by atoms with Crippen LogP contribution in [-0.2, 0) is 4.74 Å². The van der Waals surface area contributed by atoms with Crippen molar-refractivity contribution in [2.75, 3.05) is 7.11 Å². The first-order chi connectivity index (χ1) is 8.88. The van der Waals surface area contributed by atoms with Crippen LogP contribution in [0.3, 0.4) is 0 Å². The number of ketones is 1. The molecule has 1 fully saturated rings. The van der Waals surface area contributed by atoms with Crippen LogP contribution in [0, 0.1) is 12.3 Å². The largest absolute Gasteiger partial charge is 0.370 e. The number of hydrogen-bond acceptors (Lipinski definition) is 3. The van der Waals surface area contributed by atoms with Crippen LogP contribution >= 0.6 is 0 Å². The molecular weight excluding hydrogens is 238 g/mol. The zero-order valence-corrected chi connectivity index (χ0v) is 12.3. The Bertz CT molecular complexity index is 469. The average molecular weight is 261 g/mol. The van der Waals surface area contributed by atoms with Crippen molar-refractivity contribution in [3.8, 4) is 0 Å². The number of carbonyl (C=O) groups excluding carboxylic acids is 1. The van der Waals surface area contributed by atoms with Crippen molar-refractivity contribution in [1.29, 1.82) is 0 Å². The Balaban J connectivity index is 2.25. The number of carbonyl (C=O) groups is 1. The highest BCUT2D eigenvalue weighted by Crippen LogP contribution is 2.43. The van der Waals surface area contributed by atoms with Crippen LogP contribution in [-0.4, -0.2) is 23.5 Å². The van der Waals surface area contributed by atoms with Crippen molar-refractivity contribution in [2.45, 2.75) is 52.1 Å². The topological polar surface area (TPSA) is 39.2 Å². The van der Waals surface area contributed by atoms with Crippen LogP contribution in [0.4, 0.5) is 0 Å². The molecule has 0 unspecified atom stereocenters. The molecule has 1 saturated carbocycles. The zero-order valence-electron chi connectivity index (χ0n) is 12.3. The summed E-state index contributed by atoms with van der Waals surface area (Å²) in [5, 5.41) is 0. The zero-order chi connectivity index (χ0) is 14.1. The molecule has 1 aromatic heterocycles. The first-order valence-corrected chi connectivity index (χ1v) is 6.90. The minimum Gasteiger partial charge on any atom is -0.370 e. The van der Waals surface area contributed by atoms with Crippen molar-refractivity contribution in [3.05, 3.63) is 29.6 Å². The molecule has 0 aromatic carbocycles. The van der Waals surface area contributed by atoms with Crippen LogP contribution in [0.1, 0.15) is 55.5 Å². The number of aromatic nitrogens is 1. The van der Waals surface area contributed by atoms with E-state index in [1.54, 1.807) is 19.5 Å². The second-order valence-corrected chi connectivity index (χ2v) is 6.44. The Hall–Kier alpha value is -1.22. The van der Waals surface area contributed by atoms with Gasteiger partial charge in [-0.3, -0.25) is 9.78 Å². The smallest absolute Gasteiger partial charge is 0.196 e. The van der Waals surface area contributed by atoms with Gasteiger partial charge in [0.05, 0.1) is 0 Å². The van der Waals surface area contributed by atoms with Gasteiger partial charge in [-0.15, -0.1) is 0 Å². The molecule has 0 bridgehead atoms. The van der Waals surface area contributed by atoms with E-state index < -0.39 is 5.60 Å². The standard InChI is InChI=1S/C16H23NO2/c1-12-9-13(11-17-10-12)14(18)16(19-4)7-5-15(2,3)6-8-16/h9-11H,5-8H2,1-4H3. The molecule has 0 saturated heterocycles. The third-order valence-corrected chi connectivity index (χ3v) is 4.35. The van der Waals surface area contributed by atoms with Gasteiger partial charge in [0.25, 0.3) is 0 Å². The first kappa shape index (κ1) is 14.2. The molecule has 1 aromatic rings. The van der Waals surface area contributed by atoms with Gasteiger partial charge in [0, 0.05) is 25.1 Å². The summed E-state index contributed by atoms with van der Waals surface area (Å²) in [4.78, 5) is 16.9. The molecule has 19 heavy (non-hydrogen) atoms. The van der Waals surface area contributed by atoms with Crippen LogP contribution in [0.15, 0.2) is 18.5 Å². The fourth-order valence-corrected chi connectivity index (χ4v) is 2.80. The molecular formula is C16H23NO2. The van der Waals surface area contributed by atoms with Gasteiger partial charge in [-0.2, -0.15) is 0 Å². The minimum atomic E-state index is -0.648. The van der Waals surface area contributed by atoms with Crippen LogP contribution in [0.2, 0.25) is 0 Å². The van der Waals surface area contributed by atoms with Gasteiger partial charge in [-0.1, -0.05) is 13.8 Å². The molecule has 3 heteroatoms. The lowest BCUT2D eigenvalue weighted by molar-refractivity contribution is -0.0383. The van der Waals surface area contributed by atoms with E-state index in [2.05, 4.69) is 18.8 Å². The lowest BCUT2D eigenvalue weighted by Crippen LogP contribution is -2.45. The van der Waals surface area contributed by atoms with E-state index >= 15 is 0 Å². The Labute approximate surface area is 115 Å². The molecule has 0 atom stereocenters. The number of ether oxygens (including phenoxy) is 1. The molecule has 104 valence electrons. The molecule has 0 radical (unpaired) electrons. The molecule has 0 spiro atoms. The number of aryl methyl sites for hydroxylation is 1. The van der Waals surface area contributed by atoms with Gasteiger partial charge in [-0.05, 0) is 49.7 Å². The Morgan fingerprint density at radius 2 is 1.84 bits per heavy atom. The highest BCUT2D eigenvalue weighted by atomic mass is 16.5. The monoisotopic (exact) mass is 261 g/mol. The van der Waals surface area contributed by atoms with Crippen LogP contribution < -0.4 is 0 Å². The predicted octanol–water partition coefficient (Wildman–Crippen LogP) is 3.56. The number of Topliss-reactive ketones (excluding diaryl/α,β-unsaturated/α-hetero) is 1. The molecule has 1 aliphatic carbocycles. The molecule has 0 amide bonds. The number of pyridine rings is 1. The molecule has 1 heterocycles. The van der Waals surface area contributed by atoms with Crippen molar-refractivity contribution >= 4 is 5.78 Å². The quantitative estimate of drug-likeness (QED) is 0.781. The SMILES string of the molecule is COC1(C(=O)c2cncc(C)c2)CCC(C)(C)CC1. The van der Waals surface area contributed by atoms with Crippen LogP contribution in [0.25, 0.3) is 0 Å². The maximum Gasteiger partial charge on any atom is 0.196 e. The average Bonchev–Trinajstić information content (AvgIpc) is 2.39. The van der Waals surface area contributed by atoms with Crippen LogP contribution in [0.5, 0.6) is 0 Å². The van der Waals surface area contributed by atoms with E-state index in [0.29, 0.717) is 11.0 Å². The summed E-state index contributed by atoms with van der Waals surface area (Å²) >= 11 is 0. The minimum absolute atomic E-state index is 0.0849. The highest BCUT2D eigenvalue weighted by Gasteiger charge is 2.44. The number of methoxy groups -OCH3 is 1. The Morgan fingerprint density at radius 1 is 1.21 bits per heavy atom. The fraction of sp³-hybridized carbons (Fsp3) is 0.625. The Kier molecular flexibility index (Phi) is 3.77. The maximum atomic E-state index is 12.8. The second kappa shape index (κ2) is 5.04. The van der Waals surface area contributed by atoms with E-state index in [1.165, 1.54) is 0 Å². The van der Waals surface area contributed by atoms with Gasteiger partial charge in [0.15, 0.2) is 5.78 Å². The van der Waals surface area contributed by atoms with Crippen molar-refractivity contribution in [1.82, 2.24) is 4.98 Å². The number of rotatable bonds is 3. The summed E-state index contributed by atoms with van der Waals surface area (Å²) in [6, 6.07) is 1.90. The van der Waals surface area contributed by atoms with E-state index in [1.807, 2.05) is 13.0 Å². The molecule has 3 nitrogen and oxygen atoms in total. The summed E-state index contributed by atoms with van der Waals surface area (Å²) in [7, 11) is 1.65. The summed E-state index contributed by atoms with van der Waals surface area (Å²) < 4.78 is 5.65. The summed E-state index contributed by atoms with van der Waals surface area (Å²) in [5.41, 5.74) is 1.34. The van der Waals surface area contributed by atoms with Crippen molar-refractivity contribution < 1.29 is 9.53 Å². The number of nitrogens with zero attached hydrogens (tertiary/aromatic N) is 1. The van der Waals surface area contributed by atoms with E-state index in [9.17, 15) is 4.79 Å². The lowest BCUT2D eigenvalue weighted by Gasteiger charge is -2.41. The fourth-order valence-electron chi connectivity index (χ4n) is 2.80. The van der Waals surface area contributed by atoms with E-state index in [0.717, 1.165) is 31.2 Å². The van der Waals surface area contributed by atoms with Gasteiger partial charge in [-0.25, -0.2) is 0 Å². The normalized spacial score (nSPS) is 21.1. The van der Waals surface area contributed by atoms with Gasteiger partial charge in [0.2, 0.25) is 0 Å². The number of hydrogen-bond donors (Lipinski definition) is 0. The van der Waals surface area contributed by atoms with Gasteiger partial charge in [0.1, 0.15) is 5.60 Å². The predicted molar refractivity (Wildman–Crippen MR) is 75.3 cm³/mol. The first-order valence-electron chi connectivity index (χ1n) is 6.90. The summed E-state index contributed by atoms with van der Waals surface area (Å²) in [5.74, 6) is 0.0849. The van der Waals surface area contributed by atoms with Gasteiger partial charge < -0.3 is 4.74 Å². The summed E-state index contributed by atoms with van der Waals surface area (Å²) in [6.45, 7) is 6.46. The van der Waals surface area contributed by atoms with Crippen molar-refractivity contribution in [2.24, 2.45) is 5.41 Å². The van der Waals surface area contributed by atoms with Crippen molar-refractivity contribution in [3.63, 3.8) is 0 Å². The van der Waals surface area contributed by atoms with E-state index in [4.69, 9.17) is 4.74 Å². The third kappa shape index (κ3) is 2.86. The second-order valence-electron chi connectivity index (χ2n) is 6.44.